The Balaban J connectivity index is 4.32. The lowest BCUT2D eigenvalue weighted by atomic mass is 10.0. The van der Waals surface area contributed by atoms with Crippen molar-refractivity contribution >= 4 is 5.91 Å². The lowest BCUT2D eigenvalue weighted by molar-refractivity contribution is -0.135. The highest BCUT2D eigenvalue weighted by atomic mass is 16.5. The largest absolute Gasteiger partial charge is 0.378 e. The third-order valence-corrected chi connectivity index (χ3v) is 2.26. The Morgan fingerprint density at radius 3 is 2.53 bits per heavy atom. The average Bonchev–Trinajstić information content (AvgIpc) is 2.17. The number of terminal acetylenes is 1. The van der Waals surface area contributed by atoms with Gasteiger partial charge in [0.05, 0.1) is 18.6 Å². The number of hydrogen-bond donors (Lipinski definition) is 0. The summed E-state index contributed by atoms with van der Waals surface area (Å²) >= 11 is 0. The minimum absolute atomic E-state index is 0.0571. The van der Waals surface area contributed by atoms with Crippen LogP contribution in [-0.4, -0.2) is 36.6 Å². The summed E-state index contributed by atoms with van der Waals surface area (Å²) in [6.07, 6.45) is 6.50. The fourth-order valence-corrected chi connectivity index (χ4v) is 1.22. The van der Waals surface area contributed by atoms with Crippen LogP contribution in [0.4, 0.5) is 0 Å². The average molecular weight is 211 g/mol. The van der Waals surface area contributed by atoms with Gasteiger partial charge in [0.15, 0.2) is 0 Å². The Hall–Kier alpha value is -1.01. The van der Waals surface area contributed by atoms with Gasteiger partial charge >= 0.3 is 0 Å². The minimum Gasteiger partial charge on any atom is -0.378 e. The molecule has 0 N–H and O–H groups in total. The lowest BCUT2D eigenvalue weighted by Gasteiger charge is -2.26. The summed E-state index contributed by atoms with van der Waals surface area (Å²) in [7, 11) is 1.61. The summed E-state index contributed by atoms with van der Waals surface area (Å²) < 4.78 is 5.22. The van der Waals surface area contributed by atoms with Crippen molar-refractivity contribution in [1.29, 1.82) is 0 Å². The lowest BCUT2D eigenvalue weighted by Crippen LogP contribution is -2.38. The Morgan fingerprint density at radius 1 is 1.53 bits per heavy atom. The molecule has 0 aliphatic carbocycles. The quantitative estimate of drug-likeness (QED) is 0.625. The van der Waals surface area contributed by atoms with E-state index in [-0.39, 0.29) is 5.91 Å². The van der Waals surface area contributed by atoms with E-state index in [2.05, 4.69) is 5.92 Å². The molecule has 0 atom stereocenters. The van der Waals surface area contributed by atoms with Crippen LogP contribution in [0, 0.1) is 12.3 Å². The number of amides is 1. The number of ether oxygens (including phenoxy) is 1. The van der Waals surface area contributed by atoms with Crippen LogP contribution in [0.5, 0.6) is 0 Å². The van der Waals surface area contributed by atoms with Crippen molar-refractivity contribution in [1.82, 2.24) is 4.90 Å². The van der Waals surface area contributed by atoms with Crippen LogP contribution in [0.15, 0.2) is 0 Å². The monoisotopic (exact) mass is 211 g/mol. The molecule has 0 radical (unpaired) electrons. The number of nitrogens with zero attached hydrogens (tertiary/aromatic N) is 1. The molecule has 0 unspecified atom stereocenters. The Morgan fingerprint density at radius 2 is 2.13 bits per heavy atom. The molecule has 0 saturated heterocycles. The Kier molecular flexibility index (Phi) is 6.03. The van der Waals surface area contributed by atoms with Gasteiger partial charge in [-0.1, -0.05) is 12.8 Å². The highest BCUT2D eigenvalue weighted by molar-refractivity contribution is 5.77. The van der Waals surface area contributed by atoms with Gasteiger partial charge in [-0.25, -0.2) is 0 Å². The maximum absolute atomic E-state index is 11.8. The molecule has 0 fully saturated rings. The molecule has 0 bridgehead atoms. The van der Waals surface area contributed by atoms with Crippen molar-refractivity contribution in [2.45, 2.75) is 39.2 Å². The van der Waals surface area contributed by atoms with Gasteiger partial charge in [-0.15, -0.1) is 6.42 Å². The molecule has 1 amide bonds. The summed E-state index contributed by atoms with van der Waals surface area (Å²) in [6, 6.07) is 0. The fraction of sp³-hybridized carbons (Fsp3) is 0.750. The van der Waals surface area contributed by atoms with Crippen molar-refractivity contribution < 1.29 is 9.53 Å². The molecule has 0 aromatic heterocycles. The van der Waals surface area contributed by atoms with Gasteiger partial charge in [-0.2, -0.15) is 0 Å². The molecule has 0 spiro atoms. The van der Waals surface area contributed by atoms with Crippen molar-refractivity contribution in [3.8, 4) is 12.3 Å². The van der Waals surface area contributed by atoms with Gasteiger partial charge in [-0.3, -0.25) is 4.79 Å². The van der Waals surface area contributed by atoms with Crippen LogP contribution in [0.25, 0.3) is 0 Å². The molecule has 86 valence electrons. The maximum Gasteiger partial charge on any atom is 0.226 e. The topological polar surface area (TPSA) is 29.5 Å². The Labute approximate surface area is 92.8 Å². The van der Waals surface area contributed by atoms with Crippen LogP contribution in [0.1, 0.15) is 33.6 Å². The van der Waals surface area contributed by atoms with Crippen molar-refractivity contribution in [2.75, 3.05) is 20.2 Å². The van der Waals surface area contributed by atoms with Gasteiger partial charge in [0, 0.05) is 13.7 Å². The molecule has 15 heavy (non-hydrogen) atoms. The third kappa shape index (κ3) is 5.44. The molecular weight excluding hydrogens is 190 g/mol. The first kappa shape index (κ1) is 14.0. The van der Waals surface area contributed by atoms with Gasteiger partial charge < -0.3 is 9.64 Å². The van der Waals surface area contributed by atoms with Crippen LogP contribution in [0.3, 0.4) is 0 Å². The number of carbonyl (C=O) groups is 1. The normalized spacial score (nSPS) is 10.9. The zero-order valence-electron chi connectivity index (χ0n) is 10.2. The van der Waals surface area contributed by atoms with E-state index in [9.17, 15) is 4.79 Å². The third-order valence-electron chi connectivity index (χ3n) is 2.26. The second kappa shape index (κ2) is 6.47. The van der Waals surface area contributed by atoms with Crippen LogP contribution in [0.2, 0.25) is 0 Å². The Bertz CT molecular complexity index is 240. The number of carbonyl (C=O) groups excluding carboxylic acids is 1. The molecule has 0 aromatic rings. The molecule has 0 aliphatic rings. The first-order valence-electron chi connectivity index (χ1n) is 5.23. The van der Waals surface area contributed by atoms with Gasteiger partial charge in [0.2, 0.25) is 5.91 Å². The molecule has 0 saturated carbocycles. The first-order chi connectivity index (χ1) is 6.96. The van der Waals surface area contributed by atoms with E-state index in [1.807, 2.05) is 20.8 Å². The first-order valence-corrected chi connectivity index (χ1v) is 5.23. The van der Waals surface area contributed by atoms with Gasteiger partial charge in [0.1, 0.15) is 0 Å². The van der Waals surface area contributed by atoms with E-state index in [1.54, 1.807) is 12.0 Å². The summed E-state index contributed by atoms with van der Waals surface area (Å²) in [5, 5.41) is 0. The van der Waals surface area contributed by atoms with Crippen molar-refractivity contribution in [3.05, 3.63) is 0 Å². The SMILES string of the molecule is C#CCN(CCC)C(=O)CC(C)(C)OC. The molecular formula is C12H21NO2. The van der Waals surface area contributed by atoms with Gasteiger partial charge in [-0.05, 0) is 20.3 Å². The summed E-state index contributed by atoms with van der Waals surface area (Å²) in [5.41, 5.74) is -0.419. The number of hydrogen-bond acceptors (Lipinski definition) is 2. The van der Waals surface area contributed by atoms with E-state index in [1.165, 1.54) is 0 Å². The fourth-order valence-electron chi connectivity index (χ4n) is 1.22. The molecule has 0 heterocycles. The van der Waals surface area contributed by atoms with Crippen LogP contribution < -0.4 is 0 Å². The predicted octanol–water partition coefficient (Wildman–Crippen LogP) is 1.67. The summed E-state index contributed by atoms with van der Waals surface area (Å²) in [6.45, 7) is 6.91. The molecule has 3 heteroatoms. The van der Waals surface area contributed by atoms with E-state index in [0.29, 0.717) is 19.5 Å². The standard InChI is InChI=1S/C12H21NO2/c1-6-8-13(9-7-2)11(14)10-12(3,4)15-5/h1H,7-10H2,2-5H3. The van der Waals surface area contributed by atoms with Crippen LogP contribution in [-0.2, 0) is 9.53 Å². The molecule has 3 nitrogen and oxygen atoms in total. The van der Waals surface area contributed by atoms with Gasteiger partial charge in [0.25, 0.3) is 0 Å². The smallest absolute Gasteiger partial charge is 0.226 e. The highest BCUT2D eigenvalue weighted by Crippen LogP contribution is 2.14. The van der Waals surface area contributed by atoms with E-state index >= 15 is 0 Å². The van der Waals surface area contributed by atoms with Crippen LogP contribution >= 0.6 is 0 Å². The second-order valence-electron chi connectivity index (χ2n) is 4.16. The molecule has 0 aromatic carbocycles. The molecule has 0 rings (SSSR count). The second-order valence-corrected chi connectivity index (χ2v) is 4.16. The maximum atomic E-state index is 11.8. The van der Waals surface area contributed by atoms with E-state index in [4.69, 9.17) is 11.2 Å². The summed E-state index contributed by atoms with van der Waals surface area (Å²) in [4.78, 5) is 13.5. The minimum atomic E-state index is -0.419. The summed E-state index contributed by atoms with van der Waals surface area (Å²) in [5.74, 6) is 2.56. The van der Waals surface area contributed by atoms with E-state index < -0.39 is 5.60 Å². The zero-order valence-corrected chi connectivity index (χ0v) is 10.2. The highest BCUT2D eigenvalue weighted by Gasteiger charge is 2.23. The van der Waals surface area contributed by atoms with Crippen molar-refractivity contribution in [2.24, 2.45) is 0 Å². The predicted molar refractivity (Wildman–Crippen MR) is 61.4 cm³/mol. The van der Waals surface area contributed by atoms with Crippen molar-refractivity contribution in [3.63, 3.8) is 0 Å². The van der Waals surface area contributed by atoms with E-state index in [0.717, 1.165) is 6.42 Å². The number of methoxy groups -OCH3 is 1. The molecule has 0 aliphatic heterocycles. The number of rotatable bonds is 6. The zero-order chi connectivity index (χ0) is 11.9.